The number of rotatable bonds is 8. The summed E-state index contributed by atoms with van der Waals surface area (Å²) < 4.78 is 0. The molecule has 4 heteroatoms. The number of amides is 1. The maximum Gasteiger partial charge on any atom is 0.220 e. The smallest absolute Gasteiger partial charge is 0.220 e. The largest absolute Gasteiger partial charge is 0.353 e. The molecule has 3 N–H and O–H groups in total. The molecule has 0 radical (unpaired) electrons. The van der Waals surface area contributed by atoms with Crippen molar-refractivity contribution in [3.05, 3.63) is 71.3 Å². The van der Waals surface area contributed by atoms with Gasteiger partial charge in [-0.3, -0.25) is 9.59 Å². The van der Waals surface area contributed by atoms with Gasteiger partial charge < -0.3 is 11.1 Å². The summed E-state index contributed by atoms with van der Waals surface area (Å²) in [5.74, 6) is 0.138. The summed E-state index contributed by atoms with van der Waals surface area (Å²) in [6.07, 6.45) is 5.93. The van der Waals surface area contributed by atoms with Crippen LogP contribution in [0.15, 0.2) is 54.6 Å². The van der Waals surface area contributed by atoms with E-state index in [-0.39, 0.29) is 23.3 Å². The summed E-state index contributed by atoms with van der Waals surface area (Å²) in [7, 11) is 0. The third kappa shape index (κ3) is 6.53. The van der Waals surface area contributed by atoms with Crippen LogP contribution in [-0.2, 0) is 11.2 Å². The number of aryl methyl sites for hydroxylation is 1. The van der Waals surface area contributed by atoms with Crippen molar-refractivity contribution in [2.45, 2.75) is 69.9 Å². The minimum absolute atomic E-state index is 0.0407. The van der Waals surface area contributed by atoms with E-state index in [0.717, 1.165) is 32.1 Å². The molecular formula is C25H32N2O2. The third-order valence-corrected chi connectivity index (χ3v) is 5.93. The minimum atomic E-state index is -0.182. The van der Waals surface area contributed by atoms with Crippen molar-refractivity contribution in [1.82, 2.24) is 5.32 Å². The molecule has 29 heavy (non-hydrogen) atoms. The molecule has 3 rings (SSSR count). The Hall–Kier alpha value is -2.46. The molecule has 154 valence electrons. The Morgan fingerprint density at radius 1 is 1.00 bits per heavy atom. The van der Waals surface area contributed by atoms with E-state index in [1.165, 1.54) is 11.1 Å². The molecular weight excluding hydrogens is 360 g/mol. The highest BCUT2D eigenvalue weighted by Gasteiger charge is 2.32. The summed E-state index contributed by atoms with van der Waals surface area (Å²) in [6, 6.07) is 18.0. The van der Waals surface area contributed by atoms with Crippen LogP contribution in [0, 0.1) is 6.92 Å². The zero-order chi connectivity index (χ0) is 20.7. The Labute approximate surface area is 173 Å². The van der Waals surface area contributed by atoms with E-state index in [0.29, 0.717) is 24.8 Å². The van der Waals surface area contributed by atoms with Gasteiger partial charge in [-0.1, -0.05) is 60.2 Å². The number of nitrogens with two attached hydrogens (primary N) is 1. The van der Waals surface area contributed by atoms with Crippen molar-refractivity contribution < 1.29 is 9.59 Å². The SMILES string of the molecule is Cc1ccc(CC2(N)CCC(NC(=O)CCCC(=O)c3ccccc3)CC2)cc1. The van der Waals surface area contributed by atoms with E-state index < -0.39 is 0 Å². The lowest BCUT2D eigenvalue weighted by molar-refractivity contribution is -0.122. The fraction of sp³-hybridized carbons (Fsp3) is 0.440. The predicted octanol–water partition coefficient (Wildman–Crippen LogP) is 4.35. The first-order valence-electron chi connectivity index (χ1n) is 10.7. The molecule has 0 unspecified atom stereocenters. The van der Waals surface area contributed by atoms with Gasteiger partial charge in [-0.15, -0.1) is 0 Å². The average molecular weight is 393 g/mol. The second kappa shape index (κ2) is 9.84. The van der Waals surface area contributed by atoms with Gasteiger partial charge >= 0.3 is 0 Å². The summed E-state index contributed by atoms with van der Waals surface area (Å²) in [5, 5.41) is 3.14. The first-order chi connectivity index (χ1) is 13.9. The van der Waals surface area contributed by atoms with Gasteiger partial charge in [0.05, 0.1) is 0 Å². The molecule has 0 saturated heterocycles. The second-order valence-electron chi connectivity index (χ2n) is 8.51. The highest BCUT2D eigenvalue weighted by molar-refractivity contribution is 5.96. The van der Waals surface area contributed by atoms with E-state index in [4.69, 9.17) is 5.73 Å². The second-order valence-corrected chi connectivity index (χ2v) is 8.51. The molecule has 0 aromatic heterocycles. The van der Waals surface area contributed by atoms with Gasteiger partial charge in [0.2, 0.25) is 5.91 Å². The molecule has 1 amide bonds. The Balaban J connectivity index is 1.37. The molecule has 1 fully saturated rings. The van der Waals surface area contributed by atoms with Gasteiger partial charge in [-0.05, 0) is 51.0 Å². The minimum Gasteiger partial charge on any atom is -0.353 e. The quantitative estimate of drug-likeness (QED) is 0.656. The van der Waals surface area contributed by atoms with Crippen LogP contribution in [-0.4, -0.2) is 23.3 Å². The maximum absolute atomic E-state index is 12.3. The Morgan fingerprint density at radius 2 is 1.66 bits per heavy atom. The molecule has 0 bridgehead atoms. The van der Waals surface area contributed by atoms with Crippen molar-refractivity contribution in [2.75, 3.05) is 0 Å². The van der Waals surface area contributed by atoms with Crippen molar-refractivity contribution in [2.24, 2.45) is 5.73 Å². The van der Waals surface area contributed by atoms with E-state index in [1.54, 1.807) is 0 Å². The number of hydrogen-bond donors (Lipinski definition) is 2. The number of carbonyl (C=O) groups excluding carboxylic acids is 2. The molecule has 0 spiro atoms. The molecule has 0 aliphatic heterocycles. The molecule has 4 nitrogen and oxygen atoms in total. The first-order valence-corrected chi connectivity index (χ1v) is 10.7. The summed E-state index contributed by atoms with van der Waals surface area (Å²) >= 11 is 0. The highest BCUT2D eigenvalue weighted by Crippen LogP contribution is 2.29. The number of hydrogen-bond acceptors (Lipinski definition) is 3. The van der Waals surface area contributed by atoms with E-state index in [9.17, 15) is 9.59 Å². The lowest BCUT2D eigenvalue weighted by Gasteiger charge is -2.37. The van der Waals surface area contributed by atoms with Crippen LogP contribution in [0.2, 0.25) is 0 Å². The molecule has 0 atom stereocenters. The normalized spacial score (nSPS) is 21.5. The van der Waals surface area contributed by atoms with Crippen LogP contribution in [0.3, 0.4) is 0 Å². The van der Waals surface area contributed by atoms with E-state index in [1.807, 2.05) is 30.3 Å². The summed E-state index contributed by atoms with van der Waals surface area (Å²) in [4.78, 5) is 24.4. The van der Waals surface area contributed by atoms with Crippen molar-refractivity contribution in [1.29, 1.82) is 0 Å². The van der Waals surface area contributed by atoms with Crippen molar-refractivity contribution >= 4 is 11.7 Å². The van der Waals surface area contributed by atoms with E-state index >= 15 is 0 Å². The van der Waals surface area contributed by atoms with Crippen molar-refractivity contribution in [3.63, 3.8) is 0 Å². The predicted molar refractivity (Wildman–Crippen MR) is 117 cm³/mol. The molecule has 1 aliphatic carbocycles. The monoisotopic (exact) mass is 392 g/mol. The van der Waals surface area contributed by atoms with Crippen LogP contribution in [0.4, 0.5) is 0 Å². The first kappa shape index (κ1) is 21.3. The van der Waals surface area contributed by atoms with Crippen LogP contribution in [0.1, 0.15) is 66.4 Å². The van der Waals surface area contributed by atoms with Crippen LogP contribution < -0.4 is 11.1 Å². The fourth-order valence-corrected chi connectivity index (χ4v) is 4.10. The molecule has 2 aromatic carbocycles. The topological polar surface area (TPSA) is 72.2 Å². The summed E-state index contributed by atoms with van der Waals surface area (Å²) in [5.41, 5.74) is 9.72. The average Bonchev–Trinajstić information content (AvgIpc) is 2.72. The Morgan fingerprint density at radius 3 is 2.31 bits per heavy atom. The molecule has 1 saturated carbocycles. The van der Waals surface area contributed by atoms with Gasteiger partial charge in [0.25, 0.3) is 0 Å². The van der Waals surface area contributed by atoms with Crippen LogP contribution >= 0.6 is 0 Å². The van der Waals surface area contributed by atoms with Crippen molar-refractivity contribution in [3.8, 4) is 0 Å². The summed E-state index contributed by atoms with van der Waals surface area (Å²) in [6.45, 7) is 2.09. The van der Waals surface area contributed by atoms with Gasteiger partial charge in [0.1, 0.15) is 0 Å². The Kier molecular flexibility index (Phi) is 7.21. The lowest BCUT2D eigenvalue weighted by Crippen LogP contribution is -2.49. The Bertz CT molecular complexity index is 806. The van der Waals surface area contributed by atoms with Crippen LogP contribution in [0.5, 0.6) is 0 Å². The molecule has 1 aliphatic rings. The van der Waals surface area contributed by atoms with E-state index in [2.05, 4.69) is 36.5 Å². The number of Topliss-reactive ketones (excluding diaryl/α,β-unsaturated/α-hetero) is 1. The van der Waals surface area contributed by atoms with Crippen LogP contribution in [0.25, 0.3) is 0 Å². The zero-order valence-corrected chi connectivity index (χ0v) is 17.3. The van der Waals surface area contributed by atoms with Gasteiger partial charge in [-0.2, -0.15) is 0 Å². The van der Waals surface area contributed by atoms with Gasteiger partial charge in [0, 0.05) is 30.0 Å². The van der Waals surface area contributed by atoms with Gasteiger partial charge in [-0.25, -0.2) is 0 Å². The standard InChI is InChI=1S/C25H32N2O2/c1-19-10-12-20(13-11-19)18-25(26)16-14-22(15-17-25)27-24(29)9-5-8-23(28)21-6-3-2-4-7-21/h2-4,6-7,10-13,22H,5,8-9,14-18,26H2,1H3,(H,27,29). The number of nitrogens with one attached hydrogen (secondary N) is 1. The molecule has 0 heterocycles. The molecule has 2 aromatic rings. The fourth-order valence-electron chi connectivity index (χ4n) is 4.10. The highest BCUT2D eigenvalue weighted by atomic mass is 16.1. The maximum atomic E-state index is 12.3. The van der Waals surface area contributed by atoms with Gasteiger partial charge in [0.15, 0.2) is 5.78 Å². The zero-order valence-electron chi connectivity index (χ0n) is 17.3. The third-order valence-electron chi connectivity index (χ3n) is 5.93. The number of carbonyl (C=O) groups is 2. The lowest BCUT2D eigenvalue weighted by atomic mass is 9.76. The number of benzene rings is 2. The number of ketones is 1.